The van der Waals surface area contributed by atoms with Gasteiger partial charge in [0.15, 0.2) is 6.61 Å². The van der Waals surface area contributed by atoms with Gasteiger partial charge < -0.3 is 19.3 Å². The molecule has 0 N–H and O–H groups in total. The van der Waals surface area contributed by atoms with E-state index in [2.05, 4.69) is 11.0 Å². The number of amides is 1. The van der Waals surface area contributed by atoms with Gasteiger partial charge in [-0.25, -0.2) is 0 Å². The van der Waals surface area contributed by atoms with Gasteiger partial charge in [-0.2, -0.15) is 0 Å². The predicted octanol–water partition coefficient (Wildman–Crippen LogP) is 3.20. The number of piperazine rings is 1. The van der Waals surface area contributed by atoms with E-state index in [1.54, 1.807) is 0 Å². The van der Waals surface area contributed by atoms with Crippen molar-refractivity contribution >= 4 is 11.6 Å². The Labute approximate surface area is 155 Å². The summed E-state index contributed by atoms with van der Waals surface area (Å²) in [4.78, 5) is 16.5. The van der Waals surface area contributed by atoms with Crippen molar-refractivity contribution in [3.63, 3.8) is 0 Å². The zero-order valence-electron chi connectivity index (χ0n) is 15.4. The zero-order chi connectivity index (χ0) is 18.4. The molecule has 1 aliphatic heterocycles. The third-order valence-electron chi connectivity index (χ3n) is 4.31. The summed E-state index contributed by atoms with van der Waals surface area (Å²) in [5.74, 6) is 1.65. The molecule has 138 valence electrons. The van der Waals surface area contributed by atoms with Crippen molar-refractivity contribution in [1.29, 1.82) is 0 Å². The number of hydrogen-bond acceptors (Lipinski definition) is 4. The molecule has 1 fully saturated rings. The normalized spacial score (nSPS) is 14.4. The number of carbonyl (C=O) groups excluding carboxylic acids is 1. The van der Waals surface area contributed by atoms with Crippen LogP contribution in [-0.2, 0) is 4.79 Å². The molecule has 1 amide bonds. The number of anilines is 1. The first-order valence-corrected chi connectivity index (χ1v) is 9.10. The Hall–Kier alpha value is -2.69. The van der Waals surface area contributed by atoms with E-state index < -0.39 is 0 Å². The number of carbonyl (C=O) groups is 1. The van der Waals surface area contributed by atoms with Gasteiger partial charge in [0.05, 0.1) is 11.8 Å². The molecule has 0 aliphatic carbocycles. The van der Waals surface area contributed by atoms with Gasteiger partial charge in [0.2, 0.25) is 0 Å². The van der Waals surface area contributed by atoms with Gasteiger partial charge in [-0.15, -0.1) is 0 Å². The summed E-state index contributed by atoms with van der Waals surface area (Å²) in [5.41, 5.74) is 1.09. The molecule has 1 heterocycles. The summed E-state index contributed by atoms with van der Waals surface area (Å²) in [6.07, 6.45) is 0.133. The summed E-state index contributed by atoms with van der Waals surface area (Å²) in [5, 5.41) is 0. The third-order valence-corrected chi connectivity index (χ3v) is 4.31. The van der Waals surface area contributed by atoms with Crippen LogP contribution in [-0.4, -0.2) is 49.7 Å². The lowest BCUT2D eigenvalue weighted by molar-refractivity contribution is -0.133. The molecule has 0 spiro atoms. The molecular weight excluding hydrogens is 328 g/mol. The van der Waals surface area contributed by atoms with Crippen LogP contribution >= 0.6 is 0 Å². The molecule has 26 heavy (non-hydrogen) atoms. The highest BCUT2D eigenvalue weighted by atomic mass is 16.5. The van der Waals surface area contributed by atoms with Crippen LogP contribution in [0, 0.1) is 0 Å². The van der Waals surface area contributed by atoms with E-state index >= 15 is 0 Å². The maximum Gasteiger partial charge on any atom is 0.260 e. The first-order chi connectivity index (χ1) is 12.6. The smallest absolute Gasteiger partial charge is 0.260 e. The fourth-order valence-corrected chi connectivity index (χ4v) is 3.02. The van der Waals surface area contributed by atoms with Crippen LogP contribution in [0.5, 0.6) is 11.5 Å². The molecule has 5 heteroatoms. The van der Waals surface area contributed by atoms with Crippen LogP contribution in [0.15, 0.2) is 54.6 Å². The highest BCUT2D eigenvalue weighted by Crippen LogP contribution is 2.29. The van der Waals surface area contributed by atoms with Crippen molar-refractivity contribution in [1.82, 2.24) is 4.90 Å². The molecular formula is C21H26N2O3. The molecule has 0 unspecified atom stereocenters. The Kier molecular flexibility index (Phi) is 6.00. The van der Waals surface area contributed by atoms with Crippen molar-refractivity contribution < 1.29 is 14.3 Å². The molecule has 0 saturated carbocycles. The third kappa shape index (κ3) is 4.69. The van der Waals surface area contributed by atoms with E-state index in [4.69, 9.17) is 9.47 Å². The topological polar surface area (TPSA) is 42.0 Å². The Morgan fingerprint density at radius 2 is 1.62 bits per heavy atom. The van der Waals surface area contributed by atoms with E-state index in [1.807, 2.05) is 67.3 Å². The maximum atomic E-state index is 12.4. The second-order valence-corrected chi connectivity index (χ2v) is 6.60. The van der Waals surface area contributed by atoms with Gasteiger partial charge in [0, 0.05) is 26.2 Å². The van der Waals surface area contributed by atoms with Crippen molar-refractivity contribution in [3.05, 3.63) is 54.6 Å². The Balaban J connectivity index is 1.53. The van der Waals surface area contributed by atoms with E-state index in [0.29, 0.717) is 13.1 Å². The van der Waals surface area contributed by atoms with Gasteiger partial charge in [0.1, 0.15) is 11.5 Å². The maximum absolute atomic E-state index is 12.4. The molecule has 5 nitrogen and oxygen atoms in total. The average molecular weight is 354 g/mol. The molecule has 1 aliphatic rings. The molecule has 0 aromatic heterocycles. The number of para-hydroxylation sites is 3. The van der Waals surface area contributed by atoms with Crippen LogP contribution in [0.4, 0.5) is 5.69 Å². The van der Waals surface area contributed by atoms with Gasteiger partial charge in [0.25, 0.3) is 5.91 Å². The van der Waals surface area contributed by atoms with Gasteiger partial charge in [-0.1, -0.05) is 30.3 Å². The number of ether oxygens (including phenoxy) is 2. The predicted molar refractivity (Wildman–Crippen MR) is 103 cm³/mol. The number of rotatable bonds is 6. The lowest BCUT2D eigenvalue weighted by Crippen LogP contribution is -2.50. The minimum Gasteiger partial charge on any atom is -0.489 e. The molecule has 2 aromatic rings. The fraction of sp³-hybridized carbons (Fsp3) is 0.381. The van der Waals surface area contributed by atoms with E-state index in [-0.39, 0.29) is 18.6 Å². The molecule has 1 saturated heterocycles. The van der Waals surface area contributed by atoms with Gasteiger partial charge in [-0.05, 0) is 38.1 Å². The van der Waals surface area contributed by atoms with Crippen LogP contribution in [0.3, 0.4) is 0 Å². The lowest BCUT2D eigenvalue weighted by Gasteiger charge is -2.36. The van der Waals surface area contributed by atoms with E-state index in [0.717, 1.165) is 30.3 Å². The zero-order valence-corrected chi connectivity index (χ0v) is 15.4. The van der Waals surface area contributed by atoms with Crippen molar-refractivity contribution in [2.24, 2.45) is 0 Å². The minimum atomic E-state index is 0.0280. The lowest BCUT2D eigenvalue weighted by atomic mass is 10.2. The van der Waals surface area contributed by atoms with Crippen LogP contribution in [0.25, 0.3) is 0 Å². The quantitative estimate of drug-likeness (QED) is 0.799. The molecule has 0 radical (unpaired) electrons. The monoisotopic (exact) mass is 354 g/mol. The van der Waals surface area contributed by atoms with E-state index in [9.17, 15) is 4.79 Å². The Bertz CT molecular complexity index is 710. The van der Waals surface area contributed by atoms with Gasteiger partial charge in [-0.3, -0.25) is 4.79 Å². The fourth-order valence-electron chi connectivity index (χ4n) is 3.02. The standard InChI is InChI=1S/C21H26N2O3/c1-17(2)26-20-11-7-6-10-19(20)22-12-14-23(15-13-22)21(24)16-25-18-8-4-3-5-9-18/h3-11,17H,12-16H2,1-2H3. The van der Waals surface area contributed by atoms with Crippen LogP contribution in [0.2, 0.25) is 0 Å². The van der Waals surface area contributed by atoms with Crippen LogP contribution < -0.4 is 14.4 Å². The van der Waals surface area contributed by atoms with Gasteiger partial charge >= 0.3 is 0 Å². The summed E-state index contributed by atoms with van der Waals surface area (Å²) in [7, 11) is 0. The second kappa shape index (κ2) is 8.61. The van der Waals surface area contributed by atoms with Crippen molar-refractivity contribution in [2.75, 3.05) is 37.7 Å². The van der Waals surface area contributed by atoms with E-state index in [1.165, 1.54) is 0 Å². The Morgan fingerprint density at radius 1 is 0.962 bits per heavy atom. The Morgan fingerprint density at radius 3 is 2.31 bits per heavy atom. The largest absolute Gasteiger partial charge is 0.489 e. The van der Waals surface area contributed by atoms with Crippen molar-refractivity contribution in [3.8, 4) is 11.5 Å². The van der Waals surface area contributed by atoms with Crippen LogP contribution in [0.1, 0.15) is 13.8 Å². The summed E-state index contributed by atoms with van der Waals surface area (Å²) in [6.45, 7) is 7.09. The molecule has 2 aromatic carbocycles. The second-order valence-electron chi connectivity index (χ2n) is 6.60. The molecule has 0 atom stereocenters. The highest BCUT2D eigenvalue weighted by molar-refractivity contribution is 5.78. The number of nitrogens with zero attached hydrogens (tertiary/aromatic N) is 2. The minimum absolute atomic E-state index is 0.0280. The number of benzene rings is 2. The molecule has 3 rings (SSSR count). The van der Waals surface area contributed by atoms with Crippen molar-refractivity contribution in [2.45, 2.75) is 20.0 Å². The number of hydrogen-bond donors (Lipinski definition) is 0. The first kappa shape index (κ1) is 18.1. The summed E-state index contributed by atoms with van der Waals surface area (Å²) >= 11 is 0. The first-order valence-electron chi connectivity index (χ1n) is 9.10. The summed E-state index contributed by atoms with van der Waals surface area (Å²) in [6, 6.07) is 17.5. The SMILES string of the molecule is CC(C)Oc1ccccc1N1CCN(C(=O)COc2ccccc2)CC1. The molecule has 0 bridgehead atoms. The average Bonchev–Trinajstić information content (AvgIpc) is 2.67. The highest BCUT2D eigenvalue weighted by Gasteiger charge is 2.23. The summed E-state index contributed by atoms with van der Waals surface area (Å²) < 4.78 is 11.5.